The summed E-state index contributed by atoms with van der Waals surface area (Å²) in [6, 6.07) is 17.0. The fourth-order valence-corrected chi connectivity index (χ4v) is 5.84. The Labute approximate surface area is 210 Å². The predicted octanol–water partition coefficient (Wildman–Crippen LogP) is 4.12. The Morgan fingerprint density at radius 2 is 1.66 bits per heavy atom. The van der Waals surface area contributed by atoms with Gasteiger partial charge in [-0.1, -0.05) is 42.8 Å². The number of ether oxygens (including phenoxy) is 4. The standard InChI is InChI=1S/C29H40N2O4/c1-32-26-10-9-24(20-27(26)33-2)29(11-6-12-29)13-14-30-15-17-31(18-16-30)28-22-34-25(21-35-28)19-23-7-4-3-5-8-23/h3-5,7-10,20,25,28H,6,11-19,21-22H2,1-2H3. The summed E-state index contributed by atoms with van der Waals surface area (Å²) in [6.45, 7) is 6.75. The van der Waals surface area contributed by atoms with Gasteiger partial charge >= 0.3 is 0 Å². The molecule has 5 rings (SSSR count). The van der Waals surface area contributed by atoms with Crippen LogP contribution in [0.25, 0.3) is 0 Å². The highest BCUT2D eigenvalue weighted by Gasteiger charge is 2.39. The Hall–Kier alpha value is -2.12. The lowest BCUT2D eigenvalue weighted by Gasteiger charge is -2.45. The number of benzene rings is 2. The molecule has 0 aromatic heterocycles. The maximum atomic E-state index is 6.24. The monoisotopic (exact) mass is 480 g/mol. The van der Waals surface area contributed by atoms with Crippen LogP contribution >= 0.6 is 0 Å². The summed E-state index contributed by atoms with van der Waals surface area (Å²) in [4.78, 5) is 5.09. The van der Waals surface area contributed by atoms with Gasteiger partial charge in [0.15, 0.2) is 11.5 Å². The molecule has 0 N–H and O–H groups in total. The number of piperazine rings is 1. The summed E-state index contributed by atoms with van der Waals surface area (Å²) in [5.41, 5.74) is 2.99. The van der Waals surface area contributed by atoms with Crippen molar-refractivity contribution in [3.8, 4) is 11.5 Å². The zero-order valence-corrected chi connectivity index (χ0v) is 21.3. The molecule has 3 aliphatic rings. The zero-order valence-electron chi connectivity index (χ0n) is 21.3. The van der Waals surface area contributed by atoms with Gasteiger partial charge in [-0.2, -0.15) is 0 Å². The Bertz CT molecular complexity index is 933. The van der Waals surface area contributed by atoms with E-state index in [1.165, 1.54) is 36.8 Å². The Balaban J connectivity index is 1.07. The predicted molar refractivity (Wildman–Crippen MR) is 137 cm³/mol. The quantitative estimate of drug-likeness (QED) is 0.538. The summed E-state index contributed by atoms with van der Waals surface area (Å²) < 4.78 is 23.4. The Morgan fingerprint density at radius 3 is 2.29 bits per heavy atom. The molecule has 2 aliphatic heterocycles. The van der Waals surface area contributed by atoms with Crippen molar-refractivity contribution in [2.45, 2.75) is 49.9 Å². The second kappa shape index (κ2) is 11.3. The molecule has 2 saturated heterocycles. The zero-order chi connectivity index (χ0) is 24.1. The molecule has 0 radical (unpaired) electrons. The van der Waals surface area contributed by atoms with Gasteiger partial charge in [-0.15, -0.1) is 0 Å². The minimum absolute atomic E-state index is 0.0916. The lowest BCUT2D eigenvalue weighted by molar-refractivity contribution is -0.190. The maximum Gasteiger partial charge on any atom is 0.161 e. The number of rotatable bonds is 9. The number of nitrogens with zero attached hydrogens (tertiary/aromatic N) is 2. The van der Waals surface area contributed by atoms with Crippen molar-refractivity contribution < 1.29 is 18.9 Å². The highest BCUT2D eigenvalue weighted by Crippen LogP contribution is 2.48. The average molecular weight is 481 g/mol. The van der Waals surface area contributed by atoms with Crippen LogP contribution in [0, 0.1) is 0 Å². The molecule has 3 fully saturated rings. The van der Waals surface area contributed by atoms with E-state index in [1.54, 1.807) is 14.2 Å². The van der Waals surface area contributed by atoms with Gasteiger partial charge in [0, 0.05) is 32.6 Å². The molecule has 6 heteroatoms. The first-order chi connectivity index (χ1) is 17.2. The molecular weight excluding hydrogens is 440 g/mol. The fraction of sp³-hybridized carbons (Fsp3) is 0.586. The van der Waals surface area contributed by atoms with E-state index < -0.39 is 0 Å². The molecule has 2 unspecified atom stereocenters. The molecule has 35 heavy (non-hydrogen) atoms. The van der Waals surface area contributed by atoms with Gasteiger partial charge in [0.2, 0.25) is 0 Å². The van der Waals surface area contributed by atoms with Crippen molar-refractivity contribution in [1.82, 2.24) is 9.80 Å². The van der Waals surface area contributed by atoms with Crippen LogP contribution in [0.4, 0.5) is 0 Å². The summed E-state index contributed by atoms with van der Waals surface area (Å²) >= 11 is 0. The van der Waals surface area contributed by atoms with Gasteiger partial charge in [0.1, 0.15) is 6.23 Å². The van der Waals surface area contributed by atoms with Crippen molar-refractivity contribution in [2.75, 3.05) is 60.2 Å². The molecule has 2 heterocycles. The third-order valence-corrected chi connectivity index (χ3v) is 8.28. The first-order valence-corrected chi connectivity index (χ1v) is 13.2. The SMILES string of the molecule is COc1ccc(C2(CCN3CCN(C4COC(Cc5ccccc5)CO4)CC3)CCC2)cc1OC. The van der Waals surface area contributed by atoms with Crippen LogP contribution in [-0.4, -0.2) is 82.3 Å². The summed E-state index contributed by atoms with van der Waals surface area (Å²) in [6.07, 6.45) is 6.21. The first-order valence-electron chi connectivity index (χ1n) is 13.2. The third-order valence-electron chi connectivity index (χ3n) is 8.28. The van der Waals surface area contributed by atoms with E-state index in [0.29, 0.717) is 13.2 Å². The Kier molecular flexibility index (Phi) is 7.93. The van der Waals surface area contributed by atoms with Crippen molar-refractivity contribution in [1.29, 1.82) is 0 Å². The van der Waals surface area contributed by atoms with Crippen LogP contribution in [0.5, 0.6) is 11.5 Å². The van der Waals surface area contributed by atoms with Gasteiger partial charge in [0.25, 0.3) is 0 Å². The van der Waals surface area contributed by atoms with Gasteiger partial charge < -0.3 is 23.8 Å². The molecule has 2 aromatic carbocycles. The van der Waals surface area contributed by atoms with Crippen LogP contribution in [0.1, 0.15) is 36.8 Å². The van der Waals surface area contributed by atoms with Crippen molar-refractivity contribution in [3.05, 3.63) is 59.7 Å². The van der Waals surface area contributed by atoms with Crippen LogP contribution in [0.15, 0.2) is 48.5 Å². The summed E-state index contributed by atoms with van der Waals surface area (Å²) in [5.74, 6) is 1.65. The van der Waals surface area contributed by atoms with Gasteiger partial charge in [-0.05, 0) is 54.5 Å². The molecule has 190 valence electrons. The number of methoxy groups -OCH3 is 2. The molecule has 0 amide bonds. The normalized spacial score (nSPS) is 25.1. The molecule has 2 aromatic rings. The maximum absolute atomic E-state index is 6.24. The van der Waals surface area contributed by atoms with E-state index in [-0.39, 0.29) is 17.7 Å². The lowest BCUT2D eigenvalue weighted by atomic mass is 9.62. The van der Waals surface area contributed by atoms with Crippen molar-refractivity contribution >= 4 is 0 Å². The molecular formula is C29H40N2O4. The molecule has 6 nitrogen and oxygen atoms in total. The Morgan fingerprint density at radius 1 is 0.886 bits per heavy atom. The van der Waals surface area contributed by atoms with Crippen molar-refractivity contribution in [3.63, 3.8) is 0 Å². The number of hydrogen-bond donors (Lipinski definition) is 0. The van der Waals surface area contributed by atoms with E-state index in [2.05, 4.69) is 58.3 Å². The van der Waals surface area contributed by atoms with Gasteiger partial charge in [-0.3, -0.25) is 4.90 Å². The van der Waals surface area contributed by atoms with E-state index in [9.17, 15) is 0 Å². The number of hydrogen-bond acceptors (Lipinski definition) is 6. The second-order valence-electron chi connectivity index (χ2n) is 10.3. The summed E-state index contributed by atoms with van der Waals surface area (Å²) in [5, 5.41) is 0. The van der Waals surface area contributed by atoms with Crippen LogP contribution < -0.4 is 9.47 Å². The molecule has 1 aliphatic carbocycles. The van der Waals surface area contributed by atoms with Crippen molar-refractivity contribution in [2.24, 2.45) is 0 Å². The smallest absolute Gasteiger partial charge is 0.161 e. The minimum Gasteiger partial charge on any atom is -0.493 e. The lowest BCUT2D eigenvalue weighted by Crippen LogP contribution is -2.55. The van der Waals surface area contributed by atoms with Crippen LogP contribution in [-0.2, 0) is 21.3 Å². The highest BCUT2D eigenvalue weighted by molar-refractivity contribution is 5.46. The molecule has 0 spiro atoms. The summed E-state index contributed by atoms with van der Waals surface area (Å²) in [7, 11) is 3.42. The van der Waals surface area contributed by atoms with E-state index in [4.69, 9.17) is 18.9 Å². The minimum atomic E-state index is 0.0916. The van der Waals surface area contributed by atoms with E-state index in [1.807, 2.05) is 0 Å². The molecule has 2 atom stereocenters. The van der Waals surface area contributed by atoms with E-state index >= 15 is 0 Å². The largest absolute Gasteiger partial charge is 0.493 e. The van der Waals surface area contributed by atoms with Crippen LogP contribution in [0.2, 0.25) is 0 Å². The topological polar surface area (TPSA) is 43.4 Å². The molecule has 1 saturated carbocycles. The first kappa shape index (κ1) is 24.6. The van der Waals surface area contributed by atoms with Gasteiger partial charge in [0.05, 0.1) is 33.5 Å². The van der Waals surface area contributed by atoms with E-state index in [0.717, 1.165) is 50.6 Å². The molecule has 0 bridgehead atoms. The average Bonchev–Trinajstić information content (AvgIpc) is 2.89. The van der Waals surface area contributed by atoms with Gasteiger partial charge in [-0.25, -0.2) is 0 Å². The van der Waals surface area contributed by atoms with Crippen LogP contribution in [0.3, 0.4) is 0 Å². The second-order valence-corrected chi connectivity index (χ2v) is 10.3. The fourth-order valence-electron chi connectivity index (χ4n) is 5.84. The highest BCUT2D eigenvalue weighted by atomic mass is 16.6. The third kappa shape index (κ3) is 5.67.